The molecule has 92 valence electrons. The van der Waals surface area contributed by atoms with Gasteiger partial charge in [-0.3, -0.25) is 0 Å². The molecule has 0 radical (unpaired) electrons. The maximum Gasteiger partial charge on any atom is 0.200 e. The lowest BCUT2D eigenvalue weighted by Gasteiger charge is -2.02. The fourth-order valence-corrected chi connectivity index (χ4v) is 4.11. The predicted molar refractivity (Wildman–Crippen MR) is 61.3 cm³/mol. The summed E-state index contributed by atoms with van der Waals surface area (Å²) in [7, 11) is -7.05. The van der Waals surface area contributed by atoms with Gasteiger partial charge in [-0.2, -0.15) is 0 Å². The lowest BCUT2D eigenvalue weighted by molar-refractivity contribution is 0.599. The first-order valence-electron chi connectivity index (χ1n) is 4.62. The summed E-state index contributed by atoms with van der Waals surface area (Å²) in [4.78, 5) is -0.170. The van der Waals surface area contributed by atoms with E-state index in [4.69, 9.17) is 0 Å². The van der Waals surface area contributed by atoms with Gasteiger partial charge in [0.2, 0.25) is 9.84 Å². The summed E-state index contributed by atoms with van der Waals surface area (Å²) in [6.45, 7) is 0. The van der Waals surface area contributed by atoms with Crippen molar-refractivity contribution in [2.45, 2.75) is 4.90 Å². The van der Waals surface area contributed by atoms with Gasteiger partial charge in [-0.25, -0.2) is 21.2 Å². The van der Waals surface area contributed by atoms with Crippen LogP contribution < -0.4 is 0 Å². The van der Waals surface area contributed by atoms with E-state index >= 15 is 0 Å². The van der Waals surface area contributed by atoms with E-state index in [-0.39, 0.29) is 21.8 Å². The van der Waals surface area contributed by atoms with Crippen molar-refractivity contribution in [2.24, 2.45) is 0 Å². The first-order chi connectivity index (χ1) is 7.69. The van der Waals surface area contributed by atoms with E-state index in [0.29, 0.717) is 0 Å². The van der Waals surface area contributed by atoms with Crippen molar-refractivity contribution in [1.82, 2.24) is 0 Å². The van der Waals surface area contributed by atoms with Gasteiger partial charge in [0, 0.05) is 11.7 Å². The zero-order valence-electron chi connectivity index (χ0n) is 8.84. The second-order valence-electron chi connectivity index (χ2n) is 3.90. The molecule has 0 atom stereocenters. The predicted octanol–water partition coefficient (Wildman–Crippen LogP) is 0.999. The van der Waals surface area contributed by atoms with Crippen LogP contribution in [-0.4, -0.2) is 28.8 Å². The van der Waals surface area contributed by atoms with Crippen molar-refractivity contribution in [2.75, 3.05) is 12.0 Å². The molecule has 1 aliphatic rings. The fourth-order valence-electron chi connectivity index (χ4n) is 1.71. The monoisotopic (exact) mass is 276 g/mol. The van der Waals surface area contributed by atoms with E-state index in [1.165, 1.54) is 6.07 Å². The number of sulfone groups is 2. The smallest absolute Gasteiger partial charge is 0.200 e. The second-order valence-corrected chi connectivity index (χ2v) is 7.80. The summed E-state index contributed by atoms with van der Waals surface area (Å²) >= 11 is 0. The van der Waals surface area contributed by atoms with E-state index in [1.54, 1.807) is 0 Å². The Labute approximate surface area is 98.6 Å². The molecule has 17 heavy (non-hydrogen) atoms. The third-order valence-corrected chi connectivity index (χ3v) is 4.69. The van der Waals surface area contributed by atoms with Crippen LogP contribution in [0.25, 0.3) is 5.57 Å². The maximum absolute atomic E-state index is 13.0. The quantitative estimate of drug-likeness (QED) is 0.808. The molecule has 0 aliphatic carbocycles. The highest BCUT2D eigenvalue weighted by Gasteiger charge is 2.28. The molecule has 0 aromatic heterocycles. The average Bonchev–Trinajstić information content (AvgIpc) is 2.35. The number of hydrogen-bond acceptors (Lipinski definition) is 4. The van der Waals surface area contributed by atoms with Gasteiger partial charge in [0.15, 0.2) is 9.84 Å². The van der Waals surface area contributed by atoms with Crippen molar-refractivity contribution >= 4 is 25.2 Å². The van der Waals surface area contributed by atoms with Gasteiger partial charge in [0.25, 0.3) is 0 Å². The topological polar surface area (TPSA) is 68.3 Å². The highest BCUT2D eigenvalue weighted by Crippen LogP contribution is 2.34. The normalized spacial score (nSPS) is 17.6. The second kappa shape index (κ2) is 3.64. The highest BCUT2D eigenvalue weighted by molar-refractivity contribution is 7.95. The standard InChI is InChI=1S/C10H9FO4S2/c1-16(12,13)5-7-6-17(14,15)10-4-8(11)2-3-9(7)10/h2-4,6H,5H2,1H3. The van der Waals surface area contributed by atoms with Gasteiger partial charge in [0.05, 0.1) is 10.6 Å². The Morgan fingerprint density at radius 3 is 2.53 bits per heavy atom. The number of fused-ring (bicyclic) bond motifs is 1. The van der Waals surface area contributed by atoms with Crippen LogP contribution in [0.5, 0.6) is 0 Å². The minimum atomic E-state index is -3.72. The molecule has 1 aromatic rings. The lowest BCUT2D eigenvalue weighted by atomic mass is 10.1. The summed E-state index contributed by atoms with van der Waals surface area (Å²) in [5.41, 5.74) is 0.444. The Morgan fingerprint density at radius 2 is 1.94 bits per heavy atom. The van der Waals surface area contributed by atoms with E-state index in [1.807, 2.05) is 0 Å². The molecule has 0 fully saturated rings. The van der Waals surface area contributed by atoms with Gasteiger partial charge in [-0.1, -0.05) is 6.07 Å². The van der Waals surface area contributed by atoms with Crippen molar-refractivity contribution in [3.8, 4) is 0 Å². The Hall–Kier alpha value is -1.21. The molecule has 0 N–H and O–H groups in total. The van der Waals surface area contributed by atoms with Crippen molar-refractivity contribution in [1.29, 1.82) is 0 Å². The molecule has 0 saturated heterocycles. The number of halogens is 1. The Morgan fingerprint density at radius 1 is 1.29 bits per heavy atom. The SMILES string of the molecule is CS(=O)(=O)CC1=CS(=O)(=O)c2cc(F)ccc21. The number of benzene rings is 1. The summed E-state index contributed by atoms with van der Waals surface area (Å²) in [6, 6.07) is 3.29. The molecule has 1 heterocycles. The zero-order valence-corrected chi connectivity index (χ0v) is 10.5. The number of hydrogen-bond donors (Lipinski definition) is 0. The molecule has 0 spiro atoms. The van der Waals surface area contributed by atoms with Crippen molar-refractivity contribution < 1.29 is 21.2 Å². The Balaban J connectivity index is 2.62. The maximum atomic E-state index is 13.0. The van der Waals surface area contributed by atoms with Crippen LogP contribution in [0.2, 0.25) is 0 Å². The molecule has 2 rings (SSSR count). The van der Waals surface area contributed by atoms with Crippen LogP contribution in [0.4, 0.5) is 4.39 Å². The molecular weight excluding hydrogens is 267 g/mol. The minimum absolute atomic E-state index is 0.170. The van der Waals surface area contributed by atoms with Crippen LogP contribution >= 0.6 is 0 Å². The molecule has 4 nitrogen and oxygen atoms in total. The molecule has 1 aliphatic heterocycles. The molecule has 0 amide bonds. The van der Waals surface area contributed by atoms with Gasteiger partial charge < -0.3 is 0 Å². The molecule has 7 heteroatoms. The summed E-state index contributed by atoms with van der Waals surface area (Å²) in [5.74, 6) is -1.04. The lowest BCUT2D eigenvalue weighted by Crippen LogP contribution is -2.04. The van der Waals surface area contributed by atoms with Crippen LogP contribution in [0.1, 0.15) is 5.56 Å². The molecule has 1 aromatic carbocycles. The van der Waals surface area contributed by atoms with Gasteiger partial charge in [0.1, 0.15) is 5.82 Å². The molecular formula is C10H9FO4S2. The van der Waals surface area contributed by atoms with Gasteiger partial charge in [-0.05, 0) is 23.3 Å². The van der Waals surface area contributed by atoms with E-state index in [9.17, 15) is 21.2 Å². The van der Waals surface area contributed by atoms with Crippen molar-refractivity contribution in [3.05, 3.63) is 35.0 Å². The molecule has 0 unspecified atom stereocenters. The van der Waals surface area contributed by atoms with E-state index in [0.717, 1.165) is 23.8 Å². The molecule has 0 bridgehead atoms. The van der Waals surface area contributed by atoms with Gasteiger partial charge in [-0.15, -0.1) is 0 Å². The summed E-state index contributed by atoms with van der Waals surface area (Å²) < 4.78 is 58.6. The average molecular weight is 276 g/mol. The Kier molecular flexibility index (Phi) is 2.62. The third-order valence-electron chi connectivity index (χ3n) is 2.31. The molecule has 0 saturated carbocycles. The van der Waals surface area contributed by atoms with E-state index < -0.39 is 25.5 Å². The van der Waals surface area contributed by atoms with E-state index in [2.05, 4.69) is 0 Å². The van der Waals surface area contributed by atoms with Crippen LogP contribution in [-0.2, 0) is 19.7 Å². The van der Waals surface area contributed by atoms with Gasteiger partial charge >= 0.3 is 0 Å². The van der Waals surface area contributed by atoms with Crippen LogP contribution in [0.15, 0.2) is 28.5 Å². The first kappa shape index (κ1) is 12.3. The minimum Gasteiger partial charge on any atom is -0.229 e. The first-order valence-corrected chi connectivity index (χ1v) is 8.23. The van der Waals surface area contributed by atoms with Crippen LogP contribution in [0.3, 0.4) is 0 Å². The summed E-state index contributed by atoms with van der Waals surface area (Å²) in [6.07, 6.45) is 1.02. The highest BCUT2D eigenvalue weighted by atomic mass is 32.2. The van der Waals surface area contributed by atoms with Crippen molar-refractivity contribution in [3.63, 3.8) is 0 Å². The zero-order chi connectivity index (χ0) is 12.8. The fraction of sp³-hybridized carbons (Fsp3) is 0.200. The van der Waals surface area contributed by atoms with Crippen LogP contribution in [0, 0.1) is 5.82 Å². The largest absolute Gasteiger partial charge is 0.229 e. The summed E-state index contributed by atoms with van der Waals surface area (Å²) in [5, 5.41) is 0.887. The Bertz CT molecular complexity index is 715. The third kappa shape index (κ3) is 2.39. The number of rotatable bonds is 2.